The molecule has 36 heavy (non-hydrogen) atoms. The summed E-state index contributed by atoms with van der Waals surface area (Å²) in [7, 11) is 0. The van der Waals surface area contributed by atoms with E-state index in [2.05, 4.69) is 33.6 Å². The fourth-order valence-corrected chi connectivity index (χ4v) is 2.99. The van der Waals surface area contributed by atoms with Crippen molar-refractivity contribution < 1.29 is 39.0 Å². The number of carbonyl (C=O) groups is 6. The Hall–Kier alpha value is -3.60. The first-order valence-electron chi connectivity index (χ1n) is 10.8. The Labute approximate surface area is 212 Å². The topological polar surface area (TPSA) is 295 Å². The van der Waals surface area contributed by atoms with Crippen molar-refractivity contribution in [2.45, 2.75) is 62.7 Å². The van der Waals surface area contributed by atoms with Crippen LogP contribution in [-0.4, -0.2) is 88.2 Å². The van der Waals surface area contributed by atoms with E-state index in [0.717, 1.165) is 0 Å². The Morgan fingerprint density at radius 1 is 0.778 bits per heavy atom. The molecule has 0 radical (unpaired) electrons. The zero-order valence-electron chi connectivity index (χ0n) is 19.5. The largest absolute Gasteiger partial charge is 0.481 e. The van der Waals surface area contributed by atoms with Crippen molar-refractivity contribution in [3.63, 3.8) is 0 Å². The summed E-state index contributed by atoms with van der Waals surface area (Å²) in [4.78, 5) is 74.9. The number of amides is 4. The summed E-state index contributed by atoms with van der Waals surface area (Å²) in [6, 6.07) is -5.21. The first kappa shape index (κ1) is 32.4. The van der Waals surface area contributed by atoms with Gasteiger partial charge in [0.05, 0.1) is 6.04 Å². The van der Waals surface area contributed by atoms with E-state index in [-0.39, 0.29) is 56.8 Å². The molecule has 0 saturated carbocycles. The summed E-state index contributed by atoms with van der Waals surface area (Å²) in [6.45, 7) is 0.112. The summed E-state index contributed by atoms with van der Waals surface area (Å²) < 4.78 is 0. The summed E-state index contributed by atoms with van der Waals surface area (Å²) in [5, 5.41) is 24.9. The number of hydrogen-bond donors (Lipinski definition) is 10. The summed E-state index contributed by atoms with van der Waals surface area (Å²) in [5.74, 6) is -6.27. The van der Waals surface area contributed by atoms with Gasteiger partial charge in [0.2, 0.25) is 23.6 Å². The van der Waals surface area contributed by atoms with Crippen LogP contribution in [-0.2, 0) is 28.8 Å². The molecule has 13 N–H and O–H groups in total. The molecule has 0 saturated heterocycles. The molecule has 16 nitrogen and oxygen atoms in total. The first-order chi connectivity index (χ1) is 16.8. The van der Waals surface area contributed by atoms with E-state index < -0.39 is 59.7 Å². The molecule has 4 unspecified atom stereocenters. The molecule has 0 aliphatic carbocycles. The maximum Gasteiger partial charge on any atom is 0.327 e. The predicted octanol–water partition coefficient (Wildman–Crippen LogP) is -4.03. The maximum absolute atomic E-state index is 13.0. The van der Waals surface area contributed by atoms with Crippen LogP contribution in [0, 0.1) is 0 Å². The molecule has 0 spiro atoms. The zero-order valence-corrected chi connectivity index (χ0v) is 20.4. The van der Waals surface area contributed by atoms with Crippen LogP contribution in [0.1, 0.15) is 38.5 Å². The fourth-order valence-electron chi connectivity index (χ4n) is 2.75. The van der Waals surface area contributed by atoms with Gasteiger partial charge in [-0.3, -0.25) is 29.0 Å². The van der Waals surface area contributed by atoms with E-state index in [0.29, 0.717) is 0 Å². The molecule has 0 fully saturated rings. The Morgan fingerprint density at radius 3 is 1.78 bits per heavy atom. The molecular formula is C19H34N8O8S. The van der Waals surface area contributed by atoms with E-state index >= 15 is 0 Å². The lowest BCUT2D eigenvalue weighted by Crippen LogP contribution is -2.57. The molecule has 4 atom stereocenters. The number of guanidine groups is 1. The number of thiol groups is 1. The summed E-state index contributed by atoms with van der Waals surface area (Å²) in [5.41, 5.74) is 21.3. The fraction of sp³-hybridized carbons (Fsp3) is 0.632. The van der Waals surface area contributed by atoms with Gasteiger partial charge in [0.15, 0.2) is 5.96 Å². The second-order valence-electron chi connectivity index (χ2n) is 7.70. The summed E-state index contributed by atoms with van der Waals surface area (Å²) in [6.07, 6.45) is -0.899. The number of hydrogen-bond acceptors (Lipinski definition) is 9. The van der Waals surface area contributed by atoms with Crippen LogP contribution in [0.15, 0.2) is 4.99 Å². The molecule has 0 aromatic heterocycles. The molecule has 0 heterocycles. The maximum atomic E-state index is 13.0. The average molecular weight is 535 g/mol. The van der Waals surface area contributed by atoms with Gasteiger partial charge in [-0.05, 0) is 25.7 Å². The van der Waals surface area contributed by atoms with Gasteiger partial charge in [0, 0.05) is 25.1 Å². The van der Waals surface area contributed by atoms with Gasteiger partial charge in [-0.2, -0.15) is 12.6 Å². The number of nitrogens with one attached hydrogen (secondary N) is 3. The van der Waals surface area contributed by atoms with Crippen molar-refractivity contribution in [1.82, 2.24) is 16.0 Å². The van der Waals surface area contributed by atoms with E-state index in [1.54, 1.807) is 0 Å². The highest BCUT2D eigenvalue weighted by molar-refractivity contribution is 7.80. The second-order valence-corrected chi connectivity index (χ2v) is 8.06. The zero-order chi connectivity index (χ0) is 27.8. The Bertz CT molecular complexity index is 836. The molecule has 204 valence electrons. The summed E-state index contributed by atoms with van der Waals surface area (Å²) >= 11 is 3.85. The van der Waals surface area contributed by atoms with Crippen molar-refractivity contribution in [2.24, 2.45) is 27.9 Å². The molecule has 4 amide bonds. The standard InChI is InChI=1S/C19H34N8O8S/c20-9(3-6-14(29)30)15(31)25-10(2-1-7-24-19(22)23)16(32)26-11(4-5-13(21)28)17(33)27-12(8-36)18(34)35/h9-12,36H,1-8,20H2,(H2,21,28)(H,25,31)(H,26,32)(H,27,33)(H,29,30)(H,34,35)(H4,22,23,24). The number of nitrogens with two attached hydrogens (primary N) is 4. The Morgan fingerprint density at radius 2 is 1.31 bits per heavy atom. The number of nitrogens with zero attached hydrogens (tertiary/aromatic N) is 1. The Balaban J connectivity index is 5.59. The van der Waals surface area contributed by atoms with Crippen LogP contribution >= 0.6 is 12.6 Å². The van der Waals surface area contributed by atoms with Gasteiger partial charge in [-0.15, -0.1) is 0 Å². The van der Waals surface area contributed by atoms with Gasteiger partial charge in [0.25, 0.3) is 0 Å². The molecular weight excluding hydrogens is 500 g/mol. The number of aliphatic imine (C=N–C) groups is 1. The lowest BCUT2D eigenvalue weighted by Gasteiger charge is -2.25. The average Bonchev–Trinajstić information content (AvgIpc) is 2.79. The number of carbonyl (C=O) groups excluding carboxylic acids is 4. The van der Waals surface area contributed by atoms with Gasteiger partial charge < -0.3 is 49.1 Å². The van der Waals surface area contributed by atoms with Gasteiger partial charge >= 0.3 is 11.9 Å². The van der Waals surface area contributed by atoms with E-state index in [1.807, 2.05) is 0 Å². The third kappa shape index (κ3) is 14.0. The van der Waals surface area contributed by atoms with Crippen molar-refractivity contribution in [3.05, 3.63) is 0 Å². The minimum atomic E-state index is -1.37. The van der Waals surface area contributed by atoms with Gasteiger partial charge in [-0.1, -0.05) is 0 Å². The van der Waals surface area contributed by atoms with E-state index in [9.17, 15) is 28.8 Å². The highest BCUT2D eigenvalue weighted by Crippen LogP contribution is 2.05. The minimum Gasteiger partial charge on any atom is -0.481 e. The molecule has 0 bridgehead atoms. The predicted molar refractivity (Wildman–Crippen MR) is 130 cm³/mol. The second kappa shape index (κ2) is 16.9. The van der Waals surface area contributed by atoms with Crippen molar-refractivity contribution >= 4 is 54.2 Å². The Kier molecular flexibility index (Phi) is 15.2. The highest BCUT2D eigenvalue weighted by Gasteiger charge is 2.30. The third-order valence-corrected chi connectivity index (χ3v) is 5.06. The van der Waals surface area contributed by atoms with Crippen LogP contribution in [0.2, 0.25) is 0 Å². The first-order valence-corrected chi connectivity index (χ1v) is 11.5. The molecule has 0 aliphatic heterocycles. The minimum absolute atomic E-state index is 0.00144. The van der Waals surface area contributed by atoms with Crippen molar-refractivity contribution in [1.29, 1.82) is 0 Å². The molecule has 0 aliphatic rings. The van der Waals surface area contributed by atoms with Crippen LogP contribution in [0.3, 0.4) is 0 Å². The van der Waals surface area contributed by atoms with Crippen molar-refractivity contribution in [3.8, 4) is 0 Å². The van der Waals surface area contributed by atoms with E-state index in [4.69, 9.17) is 33.1 Å². The number of carboxylic acid groups (broad SMARTS) is 2. The third-order valence-electron chi connectivity index (χ3n) is 4.69. The highest BCUT2D eigenvalue weighted by atomic mass is 32.1. The number of carboxylic acids is 2. The van der Waals surface area contributed by atoms with Crippen LogP contribution < -0.4 is 38.9 Å². The number of primary amides is 1. The SMILES string of the molecule is NC(=O)CCC(NC(=O)C(CCCN=C(N)N)NC(=O)C(N)CCC(=O)O)C(=O)NC(CS)C(=O)O. The van der Waals surface area contributed by atoms with Gasteiger partial charge in [-0.25, -0.2) is 4.79 Å². The van der Waals surface area contributed by atoms with Crippen LogP contribution in [0.4, 0.5) is 0 Å². The molecule has 0 aromatic carbocycles. The molecule has 0 rings (SSSR count). The van der Waals surface area contributed by atoms with Crippen molar-refractivity contribution in [2.75, 3.05) is 12.3 Å². The lowest BCUT2D eigenvalue weighted by atomic mass is 10.1. The number of rotatable bonds is 18. The van der Waals surface area contributed by atoms with Crippen LogP contribution in [0.5, 0.6) is 0 Å². The normalized spacial score (nSPS) is 13.8. The lowest BCUT2D eigenvalue weighted by molar-refractivity contribution is -0.142. The number of aliphatic carboxylic acids is 2. The van der Waals surface area contributed by atoms with Crippen LogP contribution in [0.25, 0.3) is 0 Å². The molecule has 0 aromatic rings. The smallest absolute Gasteiger partial charge is 0.327 e. The quantitative estimate of drug-likeness (QED) is 0.0349. The van der Waals surface area contributed by atoms with E-state index in [1.165, 1.54) is 0 Å². The monoisotopic (exact) mass is 534 g/mol. The molecule has 17 heteroatoms. The van der Waals surface area contributed by atoms with Gasteiger partial charge in [0.1, 0.15) is 18.1 Å².